The molecule has 0 aliphatic heterocycles. The molecule has 0 radical (unpaired) electrons. The van der Waals surface area contributed by atoms with Gasteiger partial charge in [-0.25, -0.2) is 4.98 Å². The van der Waals surface area contributed by atoms with Gasteiger partial charge in [0.15, 0.2) is 11.2 Å². The van der Waals surface area contributed by atoms with Gasteiger partial charge in [0, 0.05) is 16.8 Å². The van der Waals surface area contributed by atoms with E-state index in [0.29, 0.717) is 22.1 Å². The highest BCUT2D eigenvalue weighted by Crippen LogP contribution is 2.18. The number of rotatable bonds is 5. The van der Waals surface area contributed by atoms with Crippen LogP contribution in [-0.2, 0) is 11.3 Å². The fraction of sp³-hybridized carbons (Fsp3) is 0.105. The number of nitrogens with one attached hydrogen (secondary N) is 1. The van der Waals surface area contributed by atoms with Gasteiger partial charge >= 0.3 is 0 Å². The number of nitrogens with zero attached hydrogens (tertiary/aromatic N) is 5. The Labute approximate surface area is 169 Å². The fourth-order valence-corrected chi connectivity index (χ4v) is 2.98. The molecule has 4 aromatic rings. The van der Waals surface area contributed by atoms with Crippen LogP contribution in [0.25, 0.3) is 16.9 Å². The minimum Gasteiger partial charge on any atom is -0.497 e. The molecule has 1 amide bonds. The second-order valence-electron chi connectivity index (χ2n) is 6.11. The molecule has 0 aliphatic carbocycles. The lowest BCUT2D eigenvalue weighted by molar-refractivity contribution is -0.116. The Morgan fingerprint density at radius 3 is 2.83 bits per heavy atom. The number of methoxy groups -OCH3 is 1. The maximum Gasteiger partial charge on any atom is 0.284 e. The molecule has 0 spiro atoms. The molecule has 4 rings (SSSR count). The van der Waals surface area contributed by atoms with E-state index >= 15 is 0 Å². The van der Waals surface area contributed by atoms with Gasteiger partial charge in [-0.15, -0.1) is 5.10 Å². The van der Waals surface area contributed by atoms with Crippen LogP contribution >= 0.6 is 11.6 Å². The summed E-state index contributed by atoms with van der Waals surface area (Å²) in [6, 6.07) is 13.9. The molecule has 2 aromatic carbocycles. The summed E-state index contributed by atoms with van der Waals surface area (Å²) in [7, 11) is 1.56. The quantitative estimate of drug-likeness (QED) is 0.541. The molecule has 29 heavy (non-hydrogen) atoms. The van der Waals surface area contributed by atoms with Crippen LogP contribution < -0.4 is 15.6 Å². The van der Waals surface area contributed by atoms with Gasteiger partial charge in [0.25, 0.3) is 5.56 Å². The summed E-state index contributed by atoms with van der Waals surface area (Å²) in [5.41, 5.74) is 1.06. The summed E-state index contributed by atoms with van der Waals surface area (Å²) >= 11 is 5.91. The third kappa shape index (κ3) is 3.81. The molecule has 10 heteroatoms. The van der Waals surface area contributed by atoms with E-state index in [4.69, 9.17) is 16.3 Å². The molecular formula is C19H15ClN6O3. The van der Waals surface area contributed by atoms with Crippen molar-refractivity contribution in [2.75, 3.05) is 12.4 Å². The number of ether oxygens (including phenoxy) is 1. The molecule has 0 aliphatic rings. The maximum atomic E-state index is 12.7. The first-order valence-corrected chi connectivity index (χ1v) is 8.93. The molecule has 9 nitrogen and oxygen atoms in total. The van der Waals surface area contributed by atoms with E-state index in [1.54, 1.807) is 55.6 Å². The van der Waals surface area contributed by atoms with E-state index < -0.39 is 11.5 Å². The molecular weight excluding hydrogens is 396 g/mol. The molecule has 1 N–H and O–H groups in total. The third-order valence-electron chi connectivity index (χ3n) is 4.15. The van der Waals surface area contributed by atoms with Crippen molar-refractivity contribution < 1.29 is 9.53 Å². The number of carbonyl (C=O) groups excluding carboxylic acids is 1. The van der Waals surface area contributed by atoms with E-state index in [9.17, 15) is 9.59 Å². The molecule has 0 unspecified atom stereocenters. The van der Waals surface area contributed by atoms with Gasteiger partial charge in [0.1, 0.15) is 18.6 Å². The van der Waals surface area contributed by atoms with Crippen LogP contribution in [0.3, 0.4) is 0 Å². The minimum absolute atomic E-state index is 0.0610. The average molecular weight is 411 g/mol. The van der Waals surface area contributed by atoms with Gasteiger partial charge in [-0.2, -0.15) is 4.68 Å². The van der Waals surface area contributed by atoms with Crippen molar-refractivity contribution in [2.24, 2.45) is 0 Å². The van der Waals surface area contributed by atoms with Crippen molar-refractivity contribution in [3.63, 3.8) is 0 Å². The van der Waals surface area contributed by atoms with Crippen LogP contribution in [0.2, 0.25) is 5.02 Å². The van der Waals surface area contributed by atoms with E-state index in [2.05, 4.69) is 20.6 Å². The summed E-state index contributed by atoms with van der Waals surface area (Å²) in [6.45, 7) is -0.222. The standard InChI is InChI=1S/C19H15ClN6O3/c1-29-15-7-3-6-14(9-15)26-18-17(23-24-26)19(28)25(11-21-18)10-16(27)22-13-5-2-4-12(20)8-13/h2-9,11H,10H2,1H3,(H,22,27). The number of halogens is 1. The normalized spacial score (nSPS) is 10.8. The average Bonchev–Trinajstić information content (AvgIpc) is 3.15. The molecule has 2 heterocycles. The molecule has 0 fully saturated rings. The number of benzene rings is 2. The summed E-state index contributed by atoms with van der Waals surface area (Å²) in [6.07, 6.45) is 1.29. The Kier molecular flexibility index (Phi) is 4.96. The number of hydrogen-bond donors (Lipinski definition) is 1. The molecule has 0 atom stereocenters. The van der Waals surface area contributed by atoms with E-state index in [1.807, 2.05) is 0 Å². The Morgan fingerprint density at radius 1 is 1.21 bits per heavy atom. The lowest BCUT2D eigenvalue weighted by Gasteiger charge is -2.08. The first-order valence-electron chi connectivity index (χ1n) is 8.56. The third-order valence-corrected chi connectivity index (χ3v) is 4.38. The van der Waals surface area contributed by atoms with Gasteiger partial charge in [-0.05, 0) is 30.3 Å². The first kappa shape index (κ1) is 18.6. The van der Waals surface area contributed by atoms with Crippen LogP contribution in [0.15, 0.2) is 59.7 Å². The monoisotopic (exact) mass is 410 g/mol. The van der Waals surface area contributed by atoms with Gasteiger partial charge < -0.3 is 10.1 Å². The number of carbonyl (C=O) groups is 1. The predicted octanol–water partition coefficient (Wildman–Crippen LogP) is 2.28. The zero-order chi connectivity index (χ0) is 20.4. The second-order valence-corrected chi connectivity index (χ2v) is 6.55. The van der Waals surface area contributed by atoms with E-state index in [0.717, 1.165) is 0 Å². The van der Waals surface area contributed by atoms with Crippen molar-refractivity contribution in [3.8, 4) is 11.4 Å². The highest BCUT2D eigenvalue weighted by atomic mass is 35.5. The highest BCUT2D eigenvalue weighted by molar-refractivity contribution is 6.30. The molecule has 0 bridgehead atoms. The Bertz CT molecular complexity index is 1270. The molecule has 2 aromatic heterocycles. The van der Waals surface area contributed by atoms with Crippen molar-refractivity contribution >= 4 is 34.4 Å². The van der Waals surface area contributed by atoms with Gasteiger partial charge in [-0.1, -0.05) is 28.9 Å². The number of fused-ring (bicyclic) bond motifs is 1. The number of hydrogen-bond acceptors (Lipinski definition) is 6. The van der Waals surface area contributed by atoms with Crippen LogP contribution in [0, 0.1) is 0 Å². The zero-order valence-corrected chi connectivity index (χ0v) is 16.0. The topological polar surface area (TPSA) is 104 Å². The zero-order valence-electron chi connectivity index (χ0n) is 15.2. The Morgan fingerprint density at radius 2 is 2.03 bits per heavy atom. The SMILES string of the molecule is COc1cccc(-n2nnc3c(=O)n(CC(=O)Nc4cccc(Cl)c4)cnc32)c1. The summed E-state index contributed by atoms with van der Waals surface area (Å²) < 4.78 is 7.82. The van der Waals surface area contributed by atoms with Gasteiger partial charge in [0.2, 0.25) is 5.91 Å². The number of anilines is 1. The smallest absolute Gasteiger partial charge is 0.284 e. The second kappa shape index (κ2) is 7.72. The lowest BCUT2D eigenvalue weighted by Crippen LogP contribution is -2.28. The van der Waals surface area contributed by atoms with Crippen molar-refractivity contribution in [3.05, 3.63) is 70.2 Å². The highest BCUT2D eigenvalue weighted by Gasteiger charge is 2.15. The maximum absolute atomic E-state index is 12.7. The Balaban J connectivity index is 1.61. The van der Waals surface area contributed by atoms with E-state index in [1.165, 1.54) is 15.6 Å². The molecule has 146 valence electrons. The van der Waals surface area contributed by atoms with Gasteiger partial charge in [-0.3, -0.25) is 14.2 Å². The first-order chi connectivity index (χ1) is 14.0. The fourth-order valence-electron chi connectivity index (χ4n) is 2.79. The summed E-state index contributed by atoms with van der Waals surface area (Å²) in [4.78, 5) is 29.3. The predicted molar refractivity (Wildman–Crippen MR) is 108 cm³/mol. The Hall–Kier alpha value is -3.72. The van der Waals surface area contributed by atoms with Crippen LogP contribution in [0.4, 0.5) is 5.69 Å². The molecule has 0 saturated carbocycles. The van der Waals surface area contributed by atoms with Crippen LogP contribution in [0.1, 0.15) is 0 Å². The minimum atomic E-state index is -0.467. The van der Waals surface area contributed by atoms with Crippen molar-refractivity contribution in [2.45, 2.75) is 6.54 Å². The number of aromatic nitrogens is 5. The summed E-state index contributed by atoms with van der Waals surface area (Å²) in [5, 5.41) is 11.1. The van der Waals surface area contributed by atoms with Crippen molar-refractivity contribution in [1.29, 1.82) is 0 Å². The van der Waals surface area contributed by atoms with Crippen molar-refractivity contribution in [1.82, 2.24) is 24.5 Å². The van der Waals surface area contributed by atoms with Gasteiger partial charge in [0.05, 0.1) is 12.8 Å². The van der Waals surface area contributed by atoms with E-state index in [-0.39, 0.29) is 17.7 Å². The molecule has 0 saturated heterocycles. The van der Waals surface area contributed by atoms with Crippen LogP contribution in [-0.4, -0.2) is 37.6 Å². The lowest BCUT2D eigenvalue weighted by atomic mass is 10.3. The largest absolute Gasteiger partial charge is 0.497 e. The van der Waals surface area contributed by atoms with Crippen LogP contribution in [0.5, 0.6) is 5.75 Å². The number of amides is 1. The summed E-state index contributed by atoms with van der Waals surface area (Å²) in [5.74, 6) is 0.243.